The number of nitrogens with zero attached hydrogens (tertiary/aromatic N) is 1. The lowest BCUT2D eigenvalue weighted by molar-refractivity contribution is -0.144. The van der Waals surface area contributed by atoms with Gasteiger partial charge in [0.25, 0.3) is 0 Å². The number of hydrogen-bond acceptors (Lipinski definition) is 4. The summed E-state index contributed by atoms with van der Waals surface area (Å²) in [6.45, 7) is -0.473. The van der Waals surface area contributed by atoms with Gasteiger partial charge in [-0.15, -0.1) is 0 Å². The second-order valence-corrected chi connectivity index (χ2v) is 4.30. The summed E-state index contributed by atoms with van der Waals surface area (Å²) in [5.74, 6) is -1.15. The third-order valence-corrected chi connectivity index (χ3v) is 2.97. The number of hydroxylamine groups is 1. The van der Waals surface area contributed by atoms with Crippen LogP contribution in [0.1, 0.15) is 32.1 Å². The molecule has 18 heavy (non-hydrogen) atoms. The van der Waals surface area contributed by atoms with Crippen LogP contribution >= 0.6 is 0 Å². The molecule has 7 nitrogen and oxygen atoms in total. The summed E-state index contributed by atoms with van der Waals surface area (Å²) < 4.78 is 0. The predicted molar refractivity (Wildman–Crippen MR) is 62.8 cm³/mol. The standard InChI is InChI=1S/C11H20N2O5/c14-7-6-13(9-4-2-1-3-5-9)11(17)12-18-8-10(15)16/h9,14H,1-8H2,(H,12,17)(H,15,16). The smallest absolute Gasteiger partial charge is 0.341 e. The van der Waals surface area contributed by atoms with Gasteiger partial charge in [-0.05, 0) is 12.8 Å². The summed E-state index contributed by atoms with van der Waals surface area (Å²) in [7, 11) is 0. The zero-order chi connectivity index (χ0) is 13.4. The Hall–Kier alpha value is -1.34. The van der Waals surface area contributed by atoms with E-state index in [1.54, 1.807) is 0 Å². The molecule has 0 aromatic heterocycles. The maximum absolute atomic E-state index is 11.8. The molecule has 1 aliphatic rings. The van der Waals surface area contributed by atoms with E-state index in [1.165, 1.54) is 11.3 Å². The summed E-state index contributed by atoms with van der Waals surface area (Å²) in [4.78, 5) is 28.1. The number of nitrogens with one attached hydrogen (secondary N) is 1. The van der Waals surface area contributed by atoms with E-state index in [9.17, 15) is 9.59 Å². The largest absolute Gasteiger partial charge is 0.479 e. The first-order chi connectivity index (χ1) is 8.65. The first-order valence-electron chi connectivity index (χ1n) is 6.16. The number of aliphatic carboxylic acids is 1. The highest BCUT2D eigenvalue weighted by Crippen LogP contribution is 2.22. The molecule has 1 aliphatic carbocycles. The second kappa shape index (κ2) is 7.88. The minimum Gasteiger partial charge on any atom is -0.479 e. The van der Waals surface area contributed by atoms with Crippen LogP contribution < -0.4 is 5.48 Å². The fourth-order valence-electron chi connectivity index (χ4n) is 2.17. The van der Waals surface area contributed by atoms with Gasteiger partial charge in [0, 0.05) is 12.6 Å². The van der Waals surface area contributed by atoms with Gasteiger partial charge in [0.2, 0.25) is 0 Å². The highest BCUT2D eigenvalue weighted by atomic mass is 16.7. The molecule has 0 atom stereocenters. The van der Waals surface area contributed by atoms with Gasteiger partial charge in [-0.2, -0.15) is 0 Å². The van der Waals surface area contributed by atoms with Crippen LogP contribution in [0.5, 0.6) is 0 Å². The Bertz CT molecular complexity index is 279. The second-order valence-electron chi connectivity index (χ2n) is 4.30. The monoisotopic (exact) mass is 260 g/mol. The molecule has 104 valence electrons. The van der Waals surface area contributed by atoms with E-state index in [0.29, 0.717) is 0 Å². The van der Waals surface area contributed by atoms with Gasteiger partial charge < -0.3 is 15.1 Å². The Balaban J connectivity index is 2.43. The molecule has 0 radical (unpaired) electrons. The summed E-state index contributed by atoms with van der Waals surface area (Å²) in [6.07, 6.45) is 5.12. The Morgan fingerprint density at radius 1 is 1.28 bits per heavy atom. The SMILES string of the molecule is O=C(O)CONC(=O)N(CCO)C1CCCCC1. The quantitative estimate of drug-likeness (QED) is 0.598. The zero-order valence-corrected chi connectivity index (χ0v) is 10.3. The highest BCUT2D eigenvalue weighted by Gasteiger charge is 2.25. The molecular weight excluding hydrogens is 240 g/mol. The Kier molecular flexibility index (Phi) is 6.45. The van der Waals surface area contributed by atoms with Crippen LogP contribution in [0.4, 0.5) is 4.79 Å². The van der Waals surface area contributed by atoms with Crippen molar-refractivity contribution in [1.82, 2.24) is 10.4 Å². The first kappa shape index (κ1) is 14.7. The normalized spacial score (nSPS) is 16.3. The van der Waals surface area contributed by atoms with Crippen LogP contribution in [0, 0.1) is 0 Å². The number of amides is 2. The van der Waals surface area contributed by atoms with Crippen molar-refractivity contribution in [2.75, 3.05) is 19.8 Å². The van der Waals surface area contributed by atoms with E-state index in [-0.39, 0.29) is 19.2 Å². The maximum Gasteiger partial charge on any atom is 0.341 e. The number of aliphatic hydroxyl groups excluding tert-OH is 1. The van der Waals surface area contributed by atoms with E-state index in [2.05, 4.69) is 10.3 Å². The molecule has 0 saturated heterocycles. The molecule has 0 aliphatic heterocycles. The van der Waals surface area contributed by atoms with Crippen molar-refractivity contribution in [2.24, 2.45) is 0 Å². The van der Waals surface area contributed by atoms with Crippen molar-refractivity contribution in [3.05, 3.63) is 0 Å². The third kappa shape index (κ3) is 4.89. The van der Waals surface area contributed by atoms with Gasteiger partial charge in [-0.3, -0.25) is 4.84 Å². The summed E-state index contributed by atoms with van der Waals surface area (Å²) >= 11 is 0. The fraction of sp³-hybridized carbons (Fsp3) is 0.818. The number of carboxylic acids is 1. The van der Waals surface area contributed by atoms with Gasteiger partial charge in [0.15, 0.2) is 6.61 Å². The molecule has 0 unspecified atom stereocenters. The summed E-state index contributed by atoms with van der Waals surface area (Å²) in [5.41, 5.74) is 2.09. The van der Waals surface area contributed by atoms with E-state index < -0.39 is 18.6 Å². The zero-order valence-electron chi connectivity index (χ0n) is 10.3. The molecule has 3 N–H and O–H groups in total. The van der Waals surface area contributed by atoms with Crippen LogP contribution in [0.3, 0.4) is 0 Å². The molecule has 0 heterocycles. The number of aliphatic hydroxyl groups is 1. The Morgan fingerprint density at radius 2 is 1.94 bits per heavy atom. The summed E-state index contributed by atoms with van der Waals surface area (Å²) in [5, 5.41) is 17.4. The van der Waals surface area contributed by atoms with Gasteiger partial charge in [-0.1, -0.05) is 19.3 Å². The molecule has 1 rings (SSSR count). The minimum absolute atomic E-state index is 0.0966. The number of carbonyl (C=O) groups excluding carboxylic acids is 1. The predicted octanol–water partition coefficient (Wildman–Crippen LogP) is 0.339. The van der Waals surface area contributed by atoms with Crippen molar-refractivity contribution in [1.29, 1.82) is 0 Å². The van der Waals surface area contributed by atoms with Gasteiger partial charge in [0.05, 0.1) is 6.61 Å². The molecule has 1 fully saturated rings. The lowest BCUT2D eigenvalue weighted by atomic mass is 9.94. The molecule has 0 spiro atoms. The number of carboxylic acid groups (broad SMARTS) is 1. The van der Waals surface area contributed by atoms with Crippen LogP contribution in [0.15, 0.2) is 0 Å². The van der Waals surface area contributed by atoms with Crippen LogP contribution in [-0.2, 0) is 9.63 Å². The fourth-order valence-corrected chi connectivity index (χ4v) is 2.17. The molecule has 1 saturated carbocycles. The maximum atomic E-state index is 11.8. The van der Waals surface area contributed by atoms with E-state index in [4.69, 9.17) is 10.2 Å². The van der Waals surface area contributed by atoms with E-state index in [1.807, 2.05) is 0 Å². The molecule has 7 heteroatoms. The topological polar surface area (TPSA) is 99.1 Å². The Labute approximate surface area is 106 Å². The van der Waals surface area contributed by atoms with Gasteiger partial charge in [-0.25, -0.2) is 15.1 Å². The number of hydrogen-bond donors (Lipinski definition) is 3. The first-order valence-corrected chi connectivity index (χ1v) is 6.16. The minimum atomic E-state index is -1.15. The third-order valence-electron chi connectivity index (χ3n) is 2.97. The lowest BCUT2D eigenvalue weighted by Gasteiger charge is -2.33. The molecule has 0 aromatic rings. The molecular formula is C11H20N2O5. The van der Waals surface area contributed by atoms with Crippen molar-refractivity contribution in [3.8, 4) is 0 Å². The average Bonchev–Trinajstić information content (AvgIpc) is 2.36. The van der Waals surface area contributed by atoms with Gasteiger partial charge >= 0.3 is 12.0 Å². The lowest BCUT2D eigenvalue weighted by Crippen LogP contribution is -2.48. The number of urea groups is 1. The van der Waals surface area contributed by atoms with Crippen molar-refractivity contribution >= 4 is 12.0 Å². The number of carbonyl (C=O) groups is 2. The van der Waals surface area contributed by atoms with Crippen LogP contribution in [-0.4, -0.2) is 52.9 Å². The van der Waals surface area contributed by atoms with Crippen molar-refractivity contribution < 1.29 is 24.6 Å². The number of rotatable bonds is 6. The van der Waals surface area contributed by atoms with Gasteiger partial charge in [0.1, 0.15) is 0 Å². The summed E-state index contributed by atoms with van der Waals surface area (Å²) in [6, 6.07) is -0.392. The Morgan fingerprint density at radius 3 is 2.50 bits per heavy atom. The van der Waals surface area contributed by atoms with E-state index in [0.717, 1.165) is 25.7 Å². The molecule has 0 bridgehead atoms. The van der Waals surface area contributed by atoms with E-state index >= 15 is 0 Å². The highest BCUT2D eigenvalue weighted by molar-refractivity contribution is 5.74. The van der Waals surface area contributed by atoms with Crippen molar-refractivity contribution in [2.45, 2.75) is 38.1 Å². The van der Waals surface area contributed by atoms with Crippen LogP contribution in [0.2, 0.25) is 0 Å². The van der Waals surface area contributed by atoms with Crippen LogP contribution in [0.25, 0.3) is 0 Å². The molecule has 0 aromatic carbocycles. The average molecular weight is 260 g/mol. The van der Waals surface area contributed by atoms with Crippen molar-refractivity contribution in [3.63, 3.8) is 0 Å². The molecule has 2 amide bonds.